The lowest BCUT2D eigenvalue weighted by Crippen LogP contribution is -2.35. The minimum atomic E-state index is -5.08. The van der Waals surface area contributed by atoms with Crippen LogP contribution in [0.15, 0.2) is 83.9 Å². The van der Waals surface area contributed by atoms with Gasteiger partial charge in [-0.1, -0.05) is 144 Å². The third kappa shape index (κ3) is 32.9. The highest BCUT2D eigenvalue weighted by molar-refractivity contribution is 7.96. The number of amides is 3. The zero-order valence-corrected chi connectivity index (χ0v) is 49.2. The third-order valence-electron chi connectivity index (χ3n) is 12.7. The van der Waals surface area contributed by atoms with E-state index in [1.165, 1.54) is 88.5 Å². The number of unbranched alkanes of at least 4 members (excludes halogenated alkanes) is 5. The molecule has 0 bridgehead atoms. The van der Waals surface area contributed by atoms with Crippen LogP contribution in [0.25, 0.3) is 0 Å². The number of ketones is 1. The fraction of sp³-hybridized carbons (Fsp3) is 0.569. The molecule has 15 nitrogen and oxygen atoms in total. The lowest BCUT2D eigenvalue weighted by atomic mass is 9.79. The Bertz CT molecular complexity index is 2320. The summed E-state index contributed by atoms with van der Waals surface area (Å²) in [7, 11) is -2.78. The Morgan fingerprint density at radius 1 is 0.756 bits per heavy atom. The summed E-state index contributed by atoms with van der Waals surface area (Å²) in [5.74, 6) is 0.828. The highest BCUT2D eigenvalue weighted by Crippen LogP contribution is 2.28. The number of carbonyl (C=O) groups is 5. The van der Waals surface area contributed by atoms with Crippen molar-refractivity contribution in [1.29, 1.82) is 0 Å². The fourth-order valence-corrected chi connectivity index (χ4v) is 8.38. The van der Waals surface area contributed by atoms with Crippen LogP contribution in [0.2, 0.25) is 12.6 Å². The van der Waals surface area contributed by atoms with E-state index in [9.17, 15) is 36.3 Å². The molecule has 1 heterocycles. The number of nitrogens with two attached hydrogens (primary N) is 1. The molecule has 20 heteroatoms. The smallest absolute Gasteiger partial charge is 0.455 e. The number of hydrogen-bond acceptors (Lipinski definition) is 12. The topological polar surface area (TPSA) is 235 Å². The molecule has 2 radical (unpaired) electrons. The Hall–Kier alpha value is -4.85. The average Bonchev–Trinajstić information content (AvgIpc) is 3.94. The zero-order valence-electron chi connectivity index (χ0n) is 47.5. The summed E-state index contributed by atoms with van der Waals surface area (Å²) in [5, 5.41) is 24.7. The van der Waals surface area contributed by atoms with Gasteiger partial charge in [0.2, 0.25) is 16.9 Å². The number of nitrogens with zero attached hydrogens (tertiary/aromatic N) is 1. The van der Waals surface area contributed by atoms with Gasteiger partial charge in [0, 0.05) is 62.6 Å². The van der Waals surface area contributed by atoms with Crippen LogP contribution >= 0.6 is 12.6 Å². The Kier molecular flexibility index (Phi) is 38.4. The molecule has 2 unspecified atom stereocenters. The molecular formula is C58H90B2FN5O10S2. The fourth-order valence-electron chi connectivity index (χ4n) is 7.86. The van der Waals surface area contributed by atoms with Crippen molar-refractivity contribution in [3.05, 3.63) is 112 Å². The normalized spacial score (nSPS) is 13.2. The Balaban J connectivity index is 0.000000561. The van der Waals surface area contributed by atoms with E-state index in [-0.39, 0.29) is 34.4 Å². The summed E-state index contributed by atoms with van der Waals surface area (Å²) >= 11 is 3.91. The number of rotatable bonds is 28. The van der Waals surface area contributed by atoms with Gasteiger partial charge in [-0.15, -0.1) is 12.6 Å². The highest BCUT2D eigenvalue weighted by Gasteiger charge is 2.20. The van der Waals surface area contributed by atoms with Crippen LogP contribution < -0.4 is 25.9 Å². The monoisotopic (exact) mass is 1120 g/mol. The molecule has 5 rings (SSSR count). The molecule has 1 saturated heterocycles. The van der Waals surface area contributed by atoms with Gasteiger partial charge in [-0.3, -0.25) is 24.0 Å². The maximum absolute atomic E-state index is 12.5. The number of likely N-dealkylation sites (tertiary alicyclic amines) is 1. The van der Waals surface area contributed by atoms with Gasteiger partial charge in [0.05, 0.1) is 6.04 Å². The second-order valence-corrected chi connectivity index (χ2v) is 21.3. The number of halogens is 1. The summed E-state index contributed by atoms with van der Waals surface area (Å²) in [4.78, 5) is 61.0. The number of allylic oxidation sites excluding steroid dienone is 1. The third-order valence-corrected chi connectivity index (χ3v) is 13.4. The Labute approximate surface area is 473 Å². The molecular weight excluding hydrogens is 1030 g/mol. The van der Waals surface area contributed by atoms with E-state index < -0.39 is 16.5 Å². The van der Waals surface area contributed by atoms with Crippen LogP contribution in [-0.2, 0) is 44.4 Å². The van der Waals surface area contributed by atoms with Crippen LogP contribution in [0.4, 0.5) is 3.89 Å². The van der Waals surface area contributed by atoms with Gasteiger partial charge in [-0.2, -0.15) is 8.42 Å². The first kappa shape index (κ1) is 71.2. The summed E-state index contributed by atoms with van der Waals surface area (Å²) in [6.45, 7) is 17.9. The first-order valence-corrected chi connectivity index (χ1v) is 29.5. The van der Waals surface area contributed by atoms with Gasteiger partial charge in [-0.05, 0) is 118 Å². The maximum Gasteiger partial charge on any atom is 0.488 e. The molecule has 2 atom stereocenters. The van der Waals surface area contributed by atoms with E-state index >= 15 is 0 Å². The molecule has 1 aliphatic heterocycles. The number of carbonyl (C=O) groups excluding carboxylic acids is 5. The SMILES string of the molecule is CC(C)C(=O)N1CCCC1.CC(CNC(=O)c1ccc(CNC(=O)CCCCCN)cc1)=C1CCC1.CCCC(=O)c1ccc(CNC(Cc2ccc(OS(=O)(=O)F)cc2)C(=O)S)cc1.CCCCCCC(C)[B]O.C[B]O. The molecule has 1 aliphatic carbocycles. The molecule has 3 amide bonds. The molecule has 0 aromatic heterocycles. The van der Waals surface area contributed by atoms with Gasteiger partial charge in [0.1, 0.15) is 5.75 Å². The largest absolute Gasteiger partial charge is 0.488 e. The van der Waals surface area contributed by atoms with E-state index in [1.54, 1.807) is 31.1 Å². The van der Waals surface area contributed by atoms with Crippen LogP contribution in [0.5, 0.6) is 5.75 Å². The summed E-state index contributed by atoms with van der Waals surface area (Å²) < 4.78 is 37.6. The second kappa shape index (κ2) is 42.1. The van der Waals surface area contributed by atoms with Gasteiger partial charge < -0.3 is 40.8 Å². The van der Waals surface area contributed by atoms with Crippen molar-refractivity contribution in [2.24, 2.45) is 11.7 Å². The van der Waals surface area contributed by atoms with Gasteiger partial charge in [-0.25, -0.2) is 0 Å². The predicted molar refractivity (Wildman–Crippen MR) is 316 cm³/mol. The Morgan fingerprint density at radius 2 is 1.32 bits per heavy atom. The minimum absolute atomic E-state index is 0.0558. The van der Waals surface area contributed by atoms with E-state index in [4.69, 9.17) is 15.8 Å². The predicted octanol–water partition coefficient (Wildman–Crippen LogP) is 9.76. The van der Waals surface area contributed by atoms with E-state index in [0.29, 0.717) is 73.9 Å². The van der Waals surface area contributed by atoms with E-state index in [0.717, 1.165) is 63.8 Å². The van der Waals surface area contributed by atoms with Crippen molar-refractivity contribution < 1.29 is 50.5 Å². The van der Waals surface area contributed by atoms with Crippen molar-refractivity contribution in [2.45, 2.75) is 182 Å². The van der Waals surface area contributed by atoms with E-state index in [1.807, 2.05) is 69.0 Å². The number of thiol groups is 1. The number of Topliss-reactive ketones (excluding diaryl/α,β-unsaturated/α-hetero) is 1. The molecule has 2 aliphatic rings. The van der Waals surface area contributed by atoms with Gasteiger partial charge in [0.25, 0.3) is 20.9 Å². The first-order chi connectivity index (χ1) is 37.2. The Morgan fingerprint density at radius 3 is 1.82 bits per heavy atom. The van der Waals surface area contributed by atoms with E-state index in [2.05, 4.69) is 46.6 Å². The molecule has 3 aromatic rings. The molecule has 3 aromatic carbocycles. The lowest BCUT2D eigenvalue weighted by Gasteiger charge is -2.20. The molecule has 1 saturated carbocycles. The number of nitrogens with one attached hydrogen (secondary N) is 3. The maximum atomic E-state index is 12.5. The highest BCUT2D eigenvalue weighted by atomic mass is 32.3. The minimum Gasteiger partial charge on any atom is -0.455 e. The quantitative estimate of drug-likeness (QED) is 0.00899. The van der Waals surface area contributed by atoms with Crippen molar-refractivity contribution in [1.82, 2.24) is 20.9 Å². The van der Waals surface area contributed by atoms with Crippen molar-refractivity contribution in [3.8, 4) is 5.75 Å². The number of benzene rings is 3. The summed E-state index contributed by atoms with van der Waals surface area (Å²) in [6, 6.07) is 19.7. The van der Waals surface area contributed by atoms with Gasteiger partial charge in [0.15, 0.2) is 5.78 Å². The molecule has 432 valence electrons. The summed E-state index contributed by atoms with van der Waals surface area (Å²) in [5.41, 5.74) is 12.1. The molecule has 0 spiro atoms. The van der Waals surface area contributed by atoms with Crippen LogP contribution in [0, 0.1) is 5.92 Å². The van der Waals surface area contributed by atoms with Crippen LogP contribution in [0.3, 0.4) is 0 Å². The summed E-state index contributed by atoms with van der Waals surface area (Å²) in [6.07, 6.45) is 17.3. The molecule has 7 N–H and O–H groups in total. The van der Waals surface area contributed by atoms with Crippen molar-refractivity contribution >= 4 is 66.7 Å². The van der Waals surface area contributed by atoms with Crippen molar-refractivity contribution in [2.75, 3.05) is 26.2 Å². The van der Waals surface area contributed by atoms with Crippen LogP contribution in [0.1, 0.15) is 182 Å². The number of hydrogen-bond donors (Lipinski definition) is 7. The molecule has 2 fully saturated rings. The zero-order chi connectivity index (χ0) is 58.3. The molecule has 78 heavy (non-hydrogen) atoms. The second-order valence-electron chi connectivity index (χ2n) is 19.9. The van der Waals surface area contributed by atoms with Crippen LogP contribution in [-0.4, -0.2) is 99.2 Å². The first-order valence-electron chi connectivity index (χ1n) is 27.7. The van der Waals surface area contributed by atoms with Gasteiger partial charge >= 0.3 is 10.5 Å². The average molecular weight is 1120 g/mol. The standard InChI is InChI=1S/C21H31N3O2.C20H22FNO5S2.C8H18BO.C8H15NO.CH4BO/c1-16(18-6-5-7-18)14-24-21(26)19-11-9-17(10-12-19)15-23-20(25)8-3-2-4-13-22;1-2-3-19(23)16-8-4-15(5-9-16)13-22-18(20(24)28)12-14-6-10-17(11-7-14)27-29(21,25)26;1-3-4-5-6-7-8(2)9-10;1-7(2)8(10)9-5-3-4-6-9;1-2-3/h9-12H,2-8,13-15,22H2,1H3,(H,23,25)(H,24,26);4-11,18,22H,2-3,12-13H2,1H3,(H,24,28);8,10H,3-7H2,1-2H3;7H,3-6H2,1-2H3;3H,1H3. The van der Waals surface area contributed by atoms with Crippen molar-refractivity contribution in [3.63, 3.8) is 0 Å². The lowest BCUT2D eigenvalue weighted by molar-refractivity contribution is -0.133.